The van der Waals surface area contributed by atoms with Gasteiger partial charge in [0, 0.05) is 0 Å². The minimum atomic E-state index is 0.756. The molecule has 0 fully saturated rings. The first-order chi connectivity index (χ1) is 3.50. The third kappa shape index (κ3) is 3.42. The van der Waals surface area contributed by atoms with Crippen LogP contribution in [0.2, 0.25) is 0 Å². The van der Waals surface area contributed by atoms with Crippen LogP contribution in [0.15, 0.2) is 0 Å². The zero-order valence-electron chi connectivity index (χ0n) is 2.86. The third-order valence-electron chi connectivity index (χ3n) is 0.194. The van der Waals surface area contributed by atoms with Crippen molar-refractivity contribution >= 4 is 67.0 Å². The summed E-state index contributed by atoms with van der Waals surface area (Å²) in [4.78, 5) is 0. The van der Waals surface area contributed by atoms with Crippen molar-refractivity contribution in [2.75, 3.05) is 0 Å². The van der Waals surface area contributed by atoms with Crippen molar-refractivity contribution in [1.29, 1.82) is 0 Å². The summed E-state index contributed by atoms with van der Waals surface area (Å²) in [5, 5.41) is 0. The van der Waals surface area contributed by atoms with E-state index in [1.54, 1.807) is 0 Å². The minimum absolute atomic E-state index is 0.756. The van der Waals surface area contributed by atoms with E-state index in [0.717, 1.165) is 12.2 Å². The number of hydrogen-bond donors (Lipinski definition) is 0. The fourth-order valence-corrected chi connectivity index (χ4v) is 29.4. The van der Waals surface area contributed by atoms with Crippen LogP contribution in [0.5, 0.6) is 0 Å². The van der Waals surface area contributed by atoms with Gasteiger partial charge in [-0.1, -0.05) is 0 Å². The summed E-state index contributed by atoms with van der Waals surface area (Å²) in [6.45, 7) is 0. The second kappa shape index (κ2) is 4.69. The Bertz CT molecular complexity index is 92.2. The maximum atomic E-state index is 1.98. The van der Waals surface area contributed by atoms with E-state index >= 15 is 0 Å². The number of rotatable bonds is 0. The van der Waals surface area contributed by atoms with Gasteiger partial charge in [0.15, 0.2) is 0 Å². The molecule has 1 rings (SSSR count). The first-order valence-corrected chi connectivity index (χ1v) is 12.7. The average Bonchev–Trinajstić information content (AvgIpc) is 1.90. The van der Waals surface area contributed by atoms with Crippen LogP contribution in [-0.4, -0.2) is 12.2 Å². The first kappa shape index (κ1) is 6.95. The fraction of sp³-hybridized carbons (Fsp3) is 0. The Hall–Kier alpha value is 1.84. The van der Waals surface area contributed by atoms with E-state index in [9.17, 15) is 0 Å². The van der Waals surface area contributed by atoms with Gasteiger partial charge in [-0.3, -0.25) is 0 Å². The van der Waals surface area contributed by atoms with E-state index in [0.29, 0.717) is 0 Å². The van der Waals surface area contributed by atoms with Crippen LogP contribution >= 0.6 is 54.8 Å². The predicted molar refractivity (Wildman–Crippen MR) is 45.9 cm³/mol. The van der Waals surface area contributed by atoms with Gasteiger partial charge >= 0.3 is 67.0 Å². The molecule has 0 amide bonds. The molecule has 0 N–H and O–H groups in total. The van der Waals surface area contributed by atoms with E-state index in [1.165, 1.54) is 0 Å². The molecule has 42 valence electrons. The van der Waals surface area contributed by atoms with Crippen molar-refractivity contribution in [1.82, 2.24) is 0 Å². The molecule has 7 heavy (non-hydrogen) atoms. The van der Waals surface area contributed by atoms with Crippen molar-refractivity contribution in [3.63, 3.8) is 0 Å². The Balaban J connectivity index is 3.06. The Morgan fingerprint density at radius 2 is 1.29 bits per heavy atom. The van der Waals surface area contributed by atoms with Gasteiger partial charge in [-0.2, -0.15) is 0 Å². The quantitative estimate of drug-likeness (QED) is 0.501. The normalized spacial score (nSPS) is 8.00. The van der Waals surface area contributed by atoms with E-state index < -0.39 is 0 Å². The summed E-state index contributed by atoms with van der Waals surface area (Å²) in [5.41, 5.74) is 0. The van der Waals surface area contributed by atoms with E-state index in [2.05, 4.69) is 0 Å². The second-order valence-electron chi connectivity index (χ2n) is 0.476. The van der Waals surface area contributed by atoms with E-state index in [4.69, 9.17) is 0 Å². The van der Waals surface area contributed by atoms with Gasteiger partial charge in [-0.05, 0) is 0 Å². The Morgan fingerprint density at radius 1 is 0.714 bits per heavy atom. The molecule has 0 aliphatic rings. The van der Waals surface area contributed by atoms with Crippen LogP contribution in [0, 0.1) is 0 Å². The molecule has 0 aliphatic carbocycles. The standard InChI is InChI=1S/S6Se/c1-2-4-6-7-5-3-1. The van der Waals surface area contributed by atoms with Crippen molar-refractivity contribution < 1.29 is 0 Å². The zero-order valence-corrected chi connectivity index (χ0v) is 9.47. The molecule has 1 heterocycles. The molecule has 0 atom stereocenters. The van der Waals surface area contributed by atoms with E-state index in [1.807, 2.05) is 54.8 Å². The van der Waals surface area contributed by atoms with E-state index in [-0.39, 0.29) is 0 Å². The summed E-state index contributed by atoms with van der Waals surface area (Å²) >= 11 is 0.756. The molecule has 0 saturated heterocycles. The second-order valence-corrected chi connectivity index (χ2v) is 16.9. The Kier molecular flexibility index (Phi) is 4.66. The molecule has 0 aromatic carbocycles. The summed E-state index contributed by atoms with van der Waals surface area (Å²) in [6, 6.07) is 0. The topological polar surface area (TPSA) is 0 Å². The van der Waals surface area contributed by atoms with Crippen molar-refractivity contribution in [2.24, 2.45) is 0 Å². The molecule has 0 bridgehead atoms. The Labute approximate surface area is 66.1 Å². The van der Waals surface area contributed by atoms with Crippen LogP contribution in [0.1, 0.15) is 0 Å². The van der Waals surface area contributed by atoms with Crippen LogP contribution in [0.4, 0.5) is 0 Å². The maximum absolute atomic E-state index is 1.98. The van der Waals surface area contributed by atoms with Gasteiger partial charge in [0.05, 0.1) is 0 Å². The molecule has 0 unspecified atom stereocenters. The predicted octanol–water partition coefficient (Wildman–Crippen LogP) is 3.36. The molecule has 1 aromatic rings. The van der Waals surface area contributed by atoms with Gasteiger partial charge in [-0.15, -0.1) is 0 Å². The fourth-order valence-electron chi connectivity index (χ4n) is 0.0794. The zero-order chi connectivity index (χ0) is 4.95. The van der Waals surface area contributed by atoms with Crippen molar-refractivity contribution in [3.05, 3.63) is 0 Å². The molecule has 1 aromatic heterocycles. The SMILES string of the molecule is s1sss[se]ss1. The van der Waals surface area contributed by atoms with Crippen molar-refractivity contribution in [2.45, 2.75) is 0 Å². The third-order valence-corrected chi connectivity index (χ3v) is 22.3. The molecular formula is S6Se. The van der Waals surface area contributed by atoms with Gasteiger partial charge < -0.3 is 0 Å². The Morgan fingerprint density at radius 3 is 1.86 bits per heavy atom. The van der Waals surface area contributed by atoms with Crippen molar-refractivity contribution in [3.8, 4) is 0 Å². The number of hydrogen-bond acceptors (Lipinski definition) is 6. The first-order valence-electron chi connectivity index (χ1n) is 1.17. The monoisotopic (exact) mass is 272 g/mol. The molecular weight excluding hydrogens is 271 g/mol. The van der Waals surface area contributed by atoms with Crippen LogP contribution in [0.3, 0.4) is 0 Å². The van der Waals surface area contributed by atoms with Crippen LogP contribution < -0.4 is 0 Å². The molecule has 7 heteroatoms. The summed E-state index contributed by atoms with van der Waals surface area (Å²) in [7, 11) is 11.5. The van der Waals surface area contributed by atoms with Gasteiger partial charge in [0.2, 0.25) is 0 Å². The average molecular weight is 271 g/mol. The molecule has 0 nitrogen and oxygen atoms in total. The summed E-state index contributed by atoms with van der Waals surface area (Å²) in [6.07, 6.45) is 0. The summed E-state index contributed by atoms with van der Waals surface area (Å²) < 4.78 is 0. The molecule has 0 aliphatic heterocycles. The van der Waals surface area contributed by atoms with Crippen LogP contribution in [-0.2, 0) is 0 Å². The van der Waals surface area contributed by atoms with Crippen LogP contribution in [0.25, 0.3) is 0 Å². The summed E-state index contributed by atoms with van der Waals surface area (Å²) in [5.74, 6) is 0. The molecule has 0 spiro atoms. The van der Waals surface area contributed by atoms with Gasteiger partial charge in [0.25, 0.3) is 0 Å². The molecule has 0 saturated carbocycles. The molecule has 0 radical (unpaired) electrons. The van der Waals surface area contributed by atoms with Gasteiger partial charge in [-0.25, -0.2) is 0 Å². The van der Waals surface area contributed by atoms with Gasteiger partial charge in [0.1, 0.15) is 0 Å².